The number of fused-ring (bicyclic) bond motifs is 1. The van der Waals surface area contributed by atoms with Crippen molar-refractivity contribution in [2.75, 3.05) is 39.0 Å². The molecular weight excluding hydrogens is 466 g/mol. The lowest BCUT2D eigenvalue weighted by Gasteiger charge is -2.42. The van der Waals surface area contributed by atoms with Gasteiger partial charge in [0.1, 0.15) is 0 Å². The van der Waals surface area contributed by atoms with Gasteiger partial charge in [0.15, 0.2) is 0 Å². The van der Waals surface area contributed by atoms with Crippen LogP contribution in [0.3, 0.4) is 0 Å². The molecule has 1 aromatic heterocycles. The van der Waals surface area contributed by atoms with Gasteiger partial charge in [-0.05, 0) is 68.1 Å². The van der Waals surface area contributed by atoms with E-state index in [4.69, 9.17) is 4.74 Å². The van der Waals surface area contributed by atoms with Crippen LogP contribution in [0, 0.1) is 5.92 Å². The standard InChI is InChI=1S/C25H37N5O4S/c1-28-23-9-8-20(14-21(23)15-26-28)19-6-4-18(5-7-19)17-34-24-16-30(25(31)29-11-3-12-29)13-10-22(24)27-35(2,32)33/h8-9,14-15,18-19,22,24,27H,3-7,10-13,16-17H2,1-2H3/t18?,19?,22?,24-/m1/s1. The number of carbonyl (C=O) groups is 1. The Labute approximate surface area is 207 Å². The molecule has 1 N–H and O–H groups in total. The summed E-state index contributed by atoms with van der Waals surface area (Å²) in [6, 6.07) is 6.43. The Hall–Kier alpha value is -2.17. The first kappa shape index (κ1) is 24.5. The minimum Gasteiger partial charge on any atom is -0.374 e. The van der Waals surface area contributed by atoms with Crippen molar-refractivity contribution in [2.45, 2.75) is 56.6 Å². The molecule has 2 atom stereocenters. The minimum atomic E-state index is -3.35. The molecule has 1 aromatic carbocycles. The lowest BCUT2D eigenvalue weighted by Crippen LogP contribution is -2.59. The number of benzene rings is 1. The zero-order valence-electron chi connectivity index (χ0n) is 20.7. The number of nitrogens with zero attached hydrogens (tertiary/aromatic N) is 4. The third kappa shape index (κ3) is 5.65. The Bertz CT molecular complexity index is 1150. The number of piperidine rings is 1. The third-order valence-corrected chi connectivity index (χ3v) is 8.69. The highest BCUT2D eigenvalue weighted by molar-refractivity contribution is 7.88. The van der Waals surface area contributed by atoms with Crippen molar-refractivity contribution in [3.63, 3.8) is 0 Å². The second-order valence-corrected chi connectivity index (χ2v) is 12.3. The van der Waals surface area contributed by atoms with Crippen LogP contribution in [-0.4, -0.2) is 85.2 Å². The maximum atomic E-state index is 12.7. The van der Waals surface area contributed by atoms with Crippen molar-refractivity contribution >= 4 is 27.0 Å². The lowest BCUT2D eigenvalue weighted by molar-refractivity contribution is -0.0314. The van der Waals surface area contributed by atoms with E-state index in [0.717, 1.165) is 50.7 Å². The number of hydrogen-bond donors (Lipinski definition) is 1. The van der Waals surface area contributed by atoms with E-state index in [2.05, 4.69) is 28.0 Å². The fraction of sp³-hybridized carbons (Fsp3) is 0.680. The van der Waals surface area contributed by atoms with E-state index < -0.39 is 10.0 Å². The third-order valence-electron chi connectivity index (χ3n) is 7.96. The largest absolute Gasteiger partial charge is 0.374 e. The number of aromatic nitrogens is 2. The monoisotopic (exact) mass is 503 g/mol. The quantitative estimate of drug-likeness (QED) is 0.654. The van der Waals surface area contributed by atoms with Gasteiger partial charge in [0, 0.05) is 38.7 Å². The normalized spacial score (nSPS) is 27.7. The number of sulfonamides is 1. The van der Waals surface area contributed by atoms with Gasteiger partial charge in [0.2, 0.25) is 10.0 Å². The Morgan fingerprint density at radius 1 is 1.11 bits per heavy atom. The van der Waals surface area contributed by atoms with Gasteiger partial charge in [-0.2, -0.15) is 5.10 Å². The van der Waals surface area contributed by atoms with Crippen LogP contribution in [0.15, 0.2) is 24.4 Å². The second kappa shape index (κ2) is 10.1. The van der Waals surface area contributed by atoms with Crippen molar-refractivity contribution in [3.05, 3.63) is 30.0 Å². The number of urea groups is 1. The first-order valence-corrected chi connectivity index (χ1v) is 14.7. The number of likely N-dealkylation sites (tertiary alicyclic amines) is 2. The van der Waals surface area contributed by atoms with Crippen molar-refractivity contribution in [3.8, 4) is 0 Å². The molecule has 3 heterocycles. The van der Waals surface area contributed by atoms with Gasteiger partial charge in [0.25, 0.3) is 0 Å². The molecule has 2 saturated heterocycles. The molecule has 3 fully saturated rings. The van der Waals surface area contributed by atoms with Crippen LogP contribution in [0.2, 0.25) is 0 Å². The van der Waals surface area contributed by atoms with Gasteiger partial charge in [-0.25, -0.2) is 17.9 Å². The molecule has 1 aliphatic carbocycles. The van der Waals surface area contributed by atoms with E-state index in [-0.39, 0.29) is 18.2 Å². The lowest BCUT2D eigenvalue weighted by atomic mass is 9.79. The summed E-state index contributed by atoms with van der Waals surface area (Å²) in [5.74, 6) is 1.00. The highest BCUT2D eigenvalue weighted by atomic mass is 32.2. The van der Waals surface area contributed by atoms with E-state index >= 15 is 0 Å². The maximum absolute atomic E-state index is 12.7. The van der Waals surface area contributed by atoms with Crippen molar-refractivity contribution in [1.82, 2.24) is 24.3 Å². The number of aryl methyl sites for hydroxylation is 1. The highest BCUT2D eigenvalue weighted by Gasteiger charge is 2.37. The highest BCUT2D eigenvalue weighted by Crippen LogP contribution is 2.37. The zero-order valence-corrected chi connectivity index (χ0v) is 21.5. The van der Waals surface area contributed by atoms with Gasteiger partial charge in [-0.1, -0.05) is 6.07 Å². The summed E-state index contributed by atoms with van der Waals surface area (Å²) in [7, 11) is -1.38. The number of amides is 2. The molecule has 0 radical (unpaired) electrons. The van der Waals surface area contributed by atoms with Crippen LogP contribution >= 0.6 is 0 Å². The fourth-order valence-electron chi connectivity index (χ4n) is 5.73. The summed E-state index contributed by atoms with van der Waals surface area (Å²) < 4.78 is 34.8. The molecule has 1 saturated carbocycles. The summed E-state index contributed by atoms with van der Waals surface area (Å²) in [6.45, 7) is 3.20. The first-order valence-electron chi connectivity index (χ1n) is 12.8. The molecule has 192 valence electrons. The number of carbonyl (C=O) groups excluding carboxylic acids is 1. The molecule has 9 nitrogen and oxygen atoms in total. The summed E-state index contributed by atoms with van der Waals surface area (Å²) in [6.07, 6.45) is 8.83. The van der Waals surface area contributed by atoms with Gasteiger partial charge in [-0.3, -0.25) is 4.68 Å². The molecule has 0 bridgehead atoms. The molecule has 1 unspecified atom stereocenters. The summed E-state index contributed by atoms with van der Waals surface area (Å²) in [5.41, 5.74) is 2.54. The van der Waals surface area contributed by atoms with E-state index in [0.29, 0.717) is 38.0 Å². The van der Waals surface area contributed by atoms with Gasteiger partial charge >= 0.3 is 6.03 Å². The molecule has 2 amide bonds. The average Bonchev–Trinajstić information content (AvgIpc) is 3.16. The fourth-order valence-corrected chi connectivity index (χ4v) is 6.55. The van der Waals surface area contributed by atoms with E-state index in [1.165, 1.54) is 17.2 Å². The Morgan fingerprint density at radius 2 is 1.89 bits per heavy atom. The summed E-state index contributed by atoms with van der Waals surface area (Å²) >= 11 is 0. The predicted octanol–water partition coefficient (Wildman–Crippen LogP) is 2.68. The Kier molecular flexibility index (Phi) is 7.05. The molecular formula is C25H37N5O4S. The van der Waals surface area contributed by atoms with Crippen molar-refractivity contribution < 1.29 is 17.9 Å². The van der Waals surface area contributed by atoms with Crippen molar-refractivity contribution in [1.29, 1.82) is 0 Å². The van der Waals surface area contributed by atoms with Crippen LogP contribution in [0.5, 0.6) is 0 Å². The molecule has 2 aromatic rings. The maximum Gasteiger partial charge on any atom is 0.320 e. The molecule has 10 heteroatoms. The Balaban J connectivity index is 1.16. The van der Waals surface area contributed by atoms with E-state index in [1.807, 2.05) is 27.7 Å². The predicted molar refractivity (Wildman–Crippen MR) is 135 cm³/mol. The number of hydrogen-bond acceptors (Lipinski definition) is 5. The number of ether oxygens (including phenoxy) is 1. The second-order valence-electron chi connectivity index (χ2n) is 10.5. The molecule has 0 spiro atoms. The molecule has 5 rings (SSSR count). The number of rotatable bonds is 6. The van der Waals surface area contributed by atoms with Crippen LogP contribution < -0.4 is 4.72 Å². The molecule has 3 aliphatic rings. The minimum absolute atomic E-state index is 0.0498. The molecule has 2 aliphatic heterocycles. The van der Waals surface area contributed by atoms with Crippen LogP contribution in [-0.2, 0) is 21.8 Å². The van der Waals surface area contributed by atoms with Crippen LogP contribution in [0.25, 0.3) is 10.9 Å². The van der Waals surface area contributed by atoms with Crippen LogP contribution in [0.1, 0.15) is 50.0 Å². The average molecular weight is 504 g/mol. The van der Waals surface area contributed by atoms with Gasteiger partial charge < -0.3 is 14.5 Å². The van der Waals surface area contributed by atoms with E-state index in [9.17, 15) is 13.2 Å². The smallest absolute Gasteiger partial charge is 0.320 e. The van der Waals surface area contributed by atoms with Gasteiger partial charge in [0.05, 0.1) is 36.7 Å². The van der Waals surface area contributed by atoms with Gasteiger partial charge in [-0.15, -0.1) is 0 Å². The molecule has 35 heavy (non-hydrogen) atoms. The Morgan fingerprint density at radius 3 is 2.57 bits per heavy atom. The number of nitrogens with one attached hydrogen (secondary N) is 1. The van der Waals surface area contributed by atoms with E-state index in [1.54, 1.807) is 0 Å². The summed E-state index contributed by atoms with van der Waals surface area (Å²) in [4.78, 5) is 16.4. The SMILES string of the molecule is Cn1ncc2cc(C3CCC(CO[C@@H]4CN(C(=O)N5CCC5)CCC4NS(C)(=O)=O)CC3)ccc21. The summed E-state index contributed by atoms with van der Waals surface area (Å²) in [5, 5.41) is 5.54. The van der Waals surface area contributed by atoms with Crippen molar-refractivity contribution in [2.24, 2.45) is 13.0 Å². The zero-order chi connectivity index (χ0) is 24.6. The van der Waals surface area contributed by atoms with Crippen LogP contribution in [0.4, 0.5) is 4.79 Å². The topological polar surface area (TPSA) is 96.8 Å². The first-order chi connectivity index (χ1) is 16.8.